The Bertz CT molecular complexity index is 413. The molecule has 0 aliphatic carbocycles. The first-order chi connectivity index (χ1) is 9.20. The van der Waals surface area contributed by atoms with E-state index in [-0.39, 0.29) is 12.4 Å². The normalized spacial score (nSPS) is 19.8. The lowest BCUT2D eigenvalue weighted by atomic mass is 10.1. The quantitative estimate of drug-likeness (QED) is 0.799. The maximum absolute atomic E-state index is 12.2. The molecule has 0 spiro atoms. The van der Waals surface area contributed by atoms with Gasteiger partial charge in [0.1, 0.15) is 0 Å². The Labute approximate surface area is 115 Å². The highest BCUT2D eigenvalue weighted by molar-refractivity contribution is 5.97. The van der Waals surface area contributed by atoms with Crippen molar-refractivity contribution >= 4 is 5.78 Å². The molecule has 0 bridgehead atoms. The van der Waals surface area contributed by atoms with Crippen molar-refractivity contribution < 1.29 is 9.90 Å². The zero-order chi connectivity index (χ0) is 13.7. The van der Waals surface area contributed by atoms with Crippen molar-refractivity contribution in [3.8, 4) is 0 Å². The summed E-state index contributed by atoms with van der Waals surface area (Å²) in [7, 11) is 0. The van der Waals surface area contributed by atoms with Gasteiger partial charge in [-0.3, -0.25) is 9.69 Å². The highest BCUT2D eigenvalue weighted by atomic mass is 16.2. The van der Waals surface area contributed by atoms with Gasteiger partial charge in [0.25, 0.3) is 0 Å². The summed E-state index contributed by atoms with van der Waals surface area (Å²) in [6.07, 6.45) is 4.15. The van der Waals surface area contributed by atoms with Crippen molar-refractivity contribution in [1.29, 1.82) is 0 Å². The Morgan fingerprint density at radius 2 is 2.11 bits per heavy atom. The molecular formula is C16H23NO2. The minimum absolute atomic E-state index is 0.205. The summed E-state index contributed by atoms with van der Waals surface area (Å²) in [4.78, 5) is 14.5. The number of aliphatic hydroxyl groups excluding tert-OH is 1. The average molecular weight is 261 g/mol. The SMILES string of the molecule is Cc1ccc(C(=O)CN2CCCC2CCCO)cc1. The third-order valence-corrected chi connectivity index (χ3v) is 3.91. The number of ketones is 1. The van der Waals surface area contributed by atoms with Gasteiger partial charge >= 0.3 is 0 Å². The van der Waals surface area contributed by atoms with Gasteiger partial charge in [-0.25, -0.2) is 0 Å². The van der Waals surface area contributed by atoms with Gasteiger partial charge in [0.15, 0.2) is 5.78 Å². The molecule has 1 saturated heterocycles. The molecule has 104 valence electrons. The van der Waals surface area contributed by atoms with E-state index in [1.807, 2.05) is 31.2 Å². The number of benzene rings is 1. The molecule has 0 saturated carbocycles. The predicted molar refractivity (Wildman–Crippen MR) is 76.4 cm³/mol. The van der Waals surface area contributed by atoms with Crippen LogP contribution in [-0.4, -0.2) is 41.5 Å². The van der Waals surface area contributed by atoms with Crippen LogP contribution < -0.4 is 0 Å². The Morgan fingerprint density at radius 3 is 2.79 bits per heavy atom. The fourth-order valence-corrected chi connectivity index (χ4v) is 2.77. The van der Waals surface area contributed by atoms with Crippen molar-refractivity contribution in [3.63, 3.8) is 0 Å². The van der Waals surface area contributed by atoms with Crippen molar-refractivity contribution in [3.05, 3.63) is 35.4 Å². The number of rotatable bonds is 6. The molecule has 1 aliphatic heterocycles. The lowest BCUT2D eigenvalue weighted by molar-refractivity contribution is 0.0916. The second kappa shape index (κ2) is 6.83. The molecule has 1 aliphatic rings. The van der Waals surface area contributed by atoms with Crippen LogP contribution in [0.25, 0.3) is 0 Å². The number of nitrogens with zero attached hydrogens (tertiary/aromatic N) is 1. The first kappa shape index (κ1) is 14.2. The number of aliphatic hydroxyl groups is 1. The molecule has 1 aromatic carbocycles. The first-order valence-electron chi connectivity index (χ1n) is 7.15. The van der Waals surface area contributed by atoms with Crippen LogP contribution in [0.3, 0.4) is 0 Å². The number of hydrogen-bond acceptors (Lipinski definition) is 3. The fourth-order valence-electron chi connectivity index (χ4n) is 2.77. The maximum atomic E-state index is 12.2. The minimum Gasteiger partial charge on any atom is -0.396 e. The van der Waals surface area contributed by atoms with E-state index in [4.69, 9.17) is 5.11 Å². The summed E-state index contributed by atoms with van der Waals surface area (Å²) in [6.45, 7) is 3.79. The van der Waals surface area contributed by atoms with Gasteiger partial charge in [0, 0.05) is 18.2 Å². The predicted octanol–water partition coefficient (Wildman–Crippen LogP) is 2.41. The number of likely N-dealkylation sites (tertiary alicyclic amines) is 1. The largest absolute Gasteiger partial charge is 0.396 e. The van der Waals surface area contributed by atoms with Gasteiger partial charge in [0.05, 0.1) is 6.54 Å². The molecule has 0 radical (unpaired) electrons. The lowest BCUT2D eigenvalue weighted by Gasteiger charge is -2.23. The summed E-state index contributed by atoms with van der Waals surface area (Å²) < 4.78 is 0. The number of Topliss-reactive ketones (excluding diaryl/α,β-unsaturated/α-hetero) is 1. The van der Waals surface area contributed by atoms with Crippen LogP contribution in [0, 0.1) is 6.92 Å². The number of carbonyl (C=O) groups is 1. The molecule has 1 unspecified atom stereocenters. The van der Waals surface area contributed by atoms with Crippen molar-refractivity contribution in [1.82, 2.24) is 4.90 Å². The molecular weight excluding hydrogens is 238 g/mol. The number of hydrogen-bond donors (Lipinski definition) is 1. The van der Waals surface area contributed by atoms with Crippen LogP contribution >= 0.6 is 0 Å². The molecule has 0 amide bonds. The van der Waals surface area contributed by atoms with Gasteiger partial charge in [-0.2, -0.15) is 0 Å². The van der Waals surface area contributed by atoms with E-state index < -0.39 is 0 Å². The molecule has 2 rings (SSSR count). The number of aryl methyl sites for hydroxylation is 1. The van der Waals surface area contributed by atoms with E-state index >= 15 is 0 Å². The van der Waals surface area contributed by atoms with Crippen LogP contribution in [0.15, 0.2) is 24.3 Å². The lowest BCUT2D eigenvalue weighted by Crippen LogP contribution is -2.34. The van der Waals surface area contributed by atoms with E-state index in [2.05, 4.69) is 4.90 Å². The number of carbonyl (C=O) groups excluding carboxylic acids is 1. The molecule has 1 aromatic rings. The van der Waals surface area contributed by atoms with Crippen molar-refractivity contribution in [2.24, 2.45) is 0 Å². The molecule has 1 fully saturated rings. The summed E-state index contributed by atoms with van der Waals surface area (Å²) in [6, 6.07) is 8.27. The highest BCUT2D eigenvalue weighted by Crippen LogP contribution is 2.21. The molecule has 3 nitrogen and oxygen atoms in total. The monoisotopic (exact) mass is 261 g/mol. The molecule has 3 heteroatoms. The molecule has 1 N–H and O–H groups in total. The Kier molecular flexibility index (Phi) is 5.11. The highest BCUT2D eigenvalue weighted by Gasteiger charge is 2.25. The van der Waals surface area contributed by atoms with Gasteiger partial charge in [-0.1, -0.05) is 29.8 Å². The third kappa shape index (κ3) is 3.88. The topological polar surface area (TPSA) is 40.5 Å². The first-order valence-corrected chi connectivity index (χ1v) is 7.15. The zero-order valence-corrected chi connectivity index (χ0v) is 11.6. The Balaban J connectivity index is 1.92. The van der Waals surface area contributed by atoms with Crippen LogP contribution in [0.1, 0.15) is 41.6 Å². The zero-order valence-electron chi connectivity index (χ0n) is 11.6. The van der Waals surface area contributed by atoms with Gasteiger partial charge in [-0.15, -0.1) is 0 Å². The molecule has 1 heterocycles. The van der Waals surface area contributed by atoms with Gasteiger partial charge in [0.2, 0.25) is 0 Å². The second-order valence-corrected chi connectivity index (χ2v) is 5.42. The smallest absolute Gasteiger partial charge is 0.176 e. The van der Waals surface area contributed by atoms with Crippen LogP contribution in [0.4, 0.5) is 0 Å². The fraction of sp³-hybridized carbons (Fsp3) is 0.562. The van der Waals surface area contributed by atoms with E-state index in [9.17, 15) is 4.79 Å². The van der Waals surface area contributed by atoms with Gasteiger partial charge < -0.3 is 5.11 Å². The Hall–Kier alpha value is -1.19. The standard InChI is InChI=1S/C16H23NO2/c1-13-6-8-14(9-7-13)16(19)12-17-10-2-4-15(17)5-3-11-18/h6-9,15,18H,2-5,10-12H2,1H3. The minimum atomic E-state index is 0.205. The summed E-state index contributed by atoms with van der Waals surface area (Å²) >= 11 is 0. The van der Waals surface area contributed by atoms with Crippen LogP contribution in [0.5, 0.6) is 0 Å². The molecule has 19 heavy (non-hydrogen) atoms. The van der Waals surface area contributed by atoms with Crippen LogP contribution in [0.2, 0.25) is 0 Å². The van der Waals surface area contributed by atoms with E-state index in [1.165, 1.54) is 5.56 Å². The summed E-state index contributed by atoms with van der Waals surface area (Å²) in [5.74, 6) is 0.205. The second-order valence-electron chi connectivity index (χ2n) is 5.42. The molecule has 1 atom stereocenters. The third-order valence-electron chi connectivity index (χ3n) is 3.91. The summed E-state index contributed by atoms with van der Waals surface area (Å²) in [5, 5.41) is 8.91. The van der Waals surface area contributed by atoms with Crippen molar-refractivity contribution in [2.45, 2.75) is 38.6 Å². The van der Waals surface area contributed by atoms with Crippen LogP contribution in [-0.2, 0) is 0 Å². The maximum Gasteiger partial charge on any atom is 0.176 e. The average Bonchev–Trinajstić information content (AvgIpc) is 2.84. The van der Waals surface area contributed by atoms with E-state index in [0.717, 1.165) is 37.8 Å². The summed E-state index contributed by atoms with van der Waals surface area (Å²) in [5.41, 5.74) is 1.98. The Morgan fingerprint density at radius 1 is 1.37 bits per heavy atom. The van der Waals surface area contributed by atoms with E-state index in [0.29, 0.717) is 12.6 Å². The molecule has 0 aromatic heterocycles. The van der Waals surface area contributed by atoms with Gasteiger partial charge in [-0.05, 0) is 39.2 Å². The van der Waals surface area contributed by atoms with E-state index in [1.54, 1.807) is 0 Å². The van der Waals surface area contributed by atoms with Crippen molar-refractivity contribution in [2.75, 3.05) is 19.7 Å².